The van der Waals surface area contributed by atoms with Crippen LogP contribution in [0.4, 0.5) is 0 Å². The van der Waals surface area contributed by atoms with E-state index in [1.54, 1.807) is 48.5 Å². The van der Waals surface area contributed by atoms with Crippen LogP contribution in [0.2, 0.25) is 0 Å². The van der Waals surface area contributed by atoms with Gasteiger partial charge in [0.2, 0.25) is 5.91 Å². The van der Waals surface area contributed by atoms with Crippen molar-refractivity contribution in [1.29, 1.82) is 0 Å². The molecular formula is C16H15NO4. The average molecular weight is 285 g/mol. The maximum atomic E-state index is 12.0. The predicted octanol–water partition coefficient (Wildman–Crippen LogP) is 1.88. The van der Waals surface area contributed by atoms with Gasteiger partial charge >= 0.3 is 5.97 Å². The number of aromatic hydroxyl groups is 1. The fraction of sp³-hybridized carbons (Fsp3) is 0.125. The Morgan fingerprint density at radius 3 is 2.24 bits per heavy atom. The minimum atomic E-state index is -1.13. The van der Waals surface area contributed by atoms with Crippen LogP contribution >= 0.6 is 0 Å². The Bertz CT molecular complexity index is 640. The van der Waals surface area contributed by atoms with Crippen LogP contribution in [-0.2, 0) is 16.0 Å². The number of phenolic OH excluding ortho intramolecular Hbond substituents is 1. The second-order valence-corrected chi connectivity index (χ2v) is 4.55. The molecule has 0 aliphatic rings. The molecule has 0 spiro atoms. The zero-order chi connectivity index (χ0) is 15.2. The van der Waals surface area contributed by atoms with E-state index < -0.39 is 17.9 Å². The minimum absolute atomic E-state index is 0.0132. The molecule has 0 bridgehead atoms. The van der Waals surface area contributed by atoms with Gasteiger partial charge in [-0.25, -0.2) is 4.79 Å². The van der Waals surface area contributed by atoms with E-state index in [0.29, 0.717) is 11.1 Å². The Morgan fingerprint density at radius 2 is 1.62 bits per heavy atom. The fourth-order valence-electron chi connectivity index (χ4n) is 1.98. The van der Waals surface area contributed by atoms with Gasteiger partial charge in [-0.1, -0.05) is 48.5 Å². The summed E-state index contributed by atoms with van der Waals surface area (Å²) in [4.78, 5) is 23.3. The van der Waals surface area contributed by atoms with Crippen molar-refractivity contribution in [1.82, 2.24) is 5.32 Å². The molecule has 0 aliphatic heterocycles. The number of aliphatic carboxylic acids is 1. The first kappa shape index (κ1) is 14.6. The topological polar surface area (TPSA) is 86.6 Å². The molecule has 0 aliphatic carbocycles. The first-order chi connectivity index (χ1) is 10.1. The zero-order valence-corrected chi connectivity index (χ0v) is 11.2. The number of amides is 1. The first-order valence-electron chi connectivity index (χ1n) is 6.42. The molecule has 1 unspecified atom stereocenters. The second kappa shape index (κ2) is 6.56. The van der Waals surface area contributed by atoms with E-state index in [4.69, 9.17) is 0 Å². The molecule has 5 nitrogen and oxygen atoms in total. The van der Waals surface area contributed by atoms with Gasteiger partial charge in [-0.3, -0.25) is 4.79 Å². The summed E-state index contributed by atoms with van der Waals surface area (Å²) in [5.74, 6) is -1.58. The third-order valence-corrected chi connectivity index (χ3v) is 3.03. The highest BCUT2D eigenvalue weighted by Gasteiger charge is 2.22. The number of hydrogen-bond donors (Lipinski definition) is 3. The Hall–Kier alpha value is -2.82. The largest absolute Gasteiger partial charge is 0.508 e. The van der Waals surface area contributed by atoms with Crippen molar-refractivity contribution in [3.05, 3.63) is 65.7 Å². The molecule has 1 atom stereocenters. The van der Waals surface area contributed by atoms with Crippen LogP contribution in [0, 0.1) is 0 Å². The SMILES string of the molecule is O=C(Cc1ccccc1O)NC(C(=O)O)c1ccccc1. The number of carboxylic acids is 1. The predicted molar refractivity (Wildman–Crippen MR) is 76.8 cm³/mol. The molecule has 5 heteroatoms. The quantitative estimate of drug-likeness (QED) is 0.782. The van der Waals surface area contributed by atoms with E-state index >= 15 is 0 Å². The average Bonchev–Trinajstić information content (AvgIpc) is 2.48. The molecular weight excluding hydrogens is 270 g/mol. The van der Waals surface area contributed by atoms with E-state index in [9.17, 15) is 19.8 Å². The Morgan fingerprint density at radius 1 is 1.00 bits per heavy atom. The number of carbonyl (C=O) groups excluding carboxylic acids is 1. The standard InChI is InChI=1S/C16H15NO4/c18-13-9-5-4-8-12(13)10-14(19)17-15(16(20)21)11-6-2-1-3-7-11/h1-9,15,18H,10H2,(H,17,19)(H,20,21). The van der Waals surface area contributed by atoms with Gasteiger partial charge in [0.1, 0.15) is 5.75 Å². The lowest BCUT2D eigenvalue weighted by Gasteiger charge is -2.15. The van der Waals surface area contributed by atoms with Crippen molar-refractivity contribution in [2.75, 3.05) is 0 Å². The van der Waals surface area contributed by atoms with E-state index in [2.05, 4.69) is 5.32 Å². The number of para-hydroxylation sites is 1. The van der Waals surface area contributed by atoms with Crippen LogP contribution in [0.5, 0.6) is 5.75 Å². The highest BCUT2D eigenvalue weighted by atomic mass is 16.4. The number of benzene rings is 2. The van der Waals surface area contributed by atoms with Crippen LogP contribution in [0.15, 0.2) is 54.6 Å². The van der Waals surface area contributed by atoms with Gasteiger partial charge in [-0.15, -0.1) is 0 Å². The summed E-state index contributed by atoms with van der Waals surface area (Å²) < 4.78 is 0. The molecule has 2 rings (SSSR count). The van der Waals surface area contributed by atoms with E-state index in [-0.39, 0.29) is 12.2 Å². The van der Waals surface area contributed by atoms with Crippen LogP contribution in [0.1, 0.15) is 17.2 Å². The Balaban J connectivity index is 2.10. The van der Waals surface area contributed by atoms with Gasteiger partial charge in [0.25, 0.3) is 0 Å². The number of hydrogen-bond acceptors (Lipinski definition) is 3. The van der Waals surface area contributed by atoms with Crippen molar-refractivity contribution >= 4 is 11.9 Å². The lowest BCUT2D eigenvalue weighted by molar-refractivity contribution is -0.141. The van der Waals surface area contributed by atoms with Gasteiger partial charge in [0.15, 0.2) is 6.04 Å². The van der Waals surface area contributed by atoms with Crippen LogP contribution in [0.3, 0.4) is 0 Å². The minimum Gasteiger partial charge on any atom is -0.508 e. The van der Waals surface area contributed by atoms with E-state index in [1.165, 1.54) is 6.07 Å². The maximum Gasteiger partial charge on any atom is 0.330 e. The van der Waals surface area contributed by atoms with Crippen molar-refractivity contribution in [3.63, 3.8) is 0 Å². The molecule has 0 saturated heterocycles. The highest BCUT2D eigenvalue weighted by molar-refractivity contribution is 5.86. The smallest absolute Gasteiger partial charge is 0.330 e. The highest BCUT2D eigenvalue weighted by Crippen LogP contribution is 2.17. The number of carboxylic acid groups (broad SMARTS) is 1. The molecule has 0 heterocycles. The maximum absolute atomic E-state index is 12.0. The zero-order valence-electron chi connectivity index (χ0n) is 11.2. The Labute approximate surface area is 121 Å². The van der Waals surface area contributed by atoms with Gasteiger partial charge in [0.05, 0.1) is 6.42 Å². The van der Waals surface area contributed by atoms with Gasteiger partial charge < -0.3 is 15.5 Å². The lowest BCUT2D eigenvalue weighted by atomic mass is 10.1. The van der Waals surface area contributed by atoms with Crippen LogP contribution < -0.4 is 5.32 Å². The monoisotopic (exact) mass is 285 g/mol. The van der Waals surface area contributed by atoms with Gasteiger partial charge in [-0.05, 0) is 11.6 Å². The molecule has 108 valence electrons. The molecule has 2 aromatic carbocycles. The summed E-state index contributed by atoms with van der Waals surface area (Å²) in [6.45, 7) is 0. The van der Waals surface area contributed by atoms with Crippen molar-refractivity contribution in [2.45, 2.75) is 12.5 Å². The summed E-state index contributed by atoms with van der Waals surface area (Å²) >= 11 is 0. The first-order valence-corrected chi connectivity index (χ1v) is 6.42. The summed E-state index contributed by atoms with van der Waals surface area (Å²) in [5, 5.41) is 21.3. The van der Waals surface area contributed by atoms with Crippen molar-refractivity contribution in [2.24, 2.45) is 0 Å². The fourth-order valence-corrected chi connectivity index (χ4v) is 1.98. The molecule has 0 fully saturated rings. The number of phenols is 1. The van der Waals surface area contributed by atoms with E-state index in [1.807, 2.05) is 0 Å². The molecule has 1 amide bonds. The third-order valence-electron chi connectivity index (χ3n) is 3.03. The summed E-state index contributed by atoms with van der Waals surface area (Å²) in [6.07, 6.45) is -0.0801. The second-order valence-electron chi connectivity index (χ2n) is 4.55. The van der Waals surface area contributed by atoms with Crippen LogP contribution in [-0.4, -0.2) is 22.1 Å². The van der Waals surface area contributed by atoms with E-state index in [0.717, 1.165) is 0 Å². The summed E-state index contributed by atoms with van der Waals surface area (Å²) in [6, 6.07) is 13.8. The van der Waals surface area contributed by atoms with Gasteiger partial charge in [-0.2, -0.15) is 0 Å². The molecule has 2 aromatic rings. The molecule has 21 heavy (non-hydrogen) atoms. The van der Waals surface area contributed by atoms with Crippen LogP contribution in [0.25, 0.3) is 0 Å². The molecule has 0 saturated carbocycles. The molecule has 0 aromatic heterocycles. The van der Waals surface area contributed by atoms with Crippen molar-refractivity contribution < 1.29 is 19.8 Å². The Kier molecular flexibility index (Phi) is 4.56. The van der Waals surface area contributed by atoms with Crippen molar-refractivity contribution in [3.8, 4) is 5.75 Å². The summed E-state index contributed by atoms with van der Waals surface area (Å²) in [5.41, 5.74) is 0.947. The normalized spacial score (nSPS) is 11.6. The molecule has 0 radical (unpaired) electrons. The number of carbonyl (C=O) groups is 2. The number of rotatable bonds is 5. The van der Waals surface area contributed by atoms with Gasteiger partial charge in [0, 0.05) is 5.56 Å². The summed E-state index contributed by atoms with van der Waals surface area (Å²) in [7, 11) is 0. The third kappa shape index (κ3) is 3.82. The lowest BCUT2D eigenvalue weighted by Crippen LogP contribution is -2.34. The molecule has 3 N–H and O–H groups in total. The number of nitrogens with one attached hydrogen (secondary N) is 1.